The zero-order chi connectivity index (χ0) is 17.9. The van der Waals surface area contributed by atoms with Gasteiger partial charge in [-0.25, -0.2) is 4.79 Å². The number of aliphatic carboxylic acids is 1. The van der Waals surface area contributed by atoms with E-state index in [4.69, 9.17) is 5.11 Å². The summed E-state index contributed by atoms with van der Waals surface area (Å²) in [5.74, 6) is -1.21. The third-order valence-electron chi connectivity index (χ3n) is 3.78. The van der Waals surface area contributed by atoms with Crippen molar-refractivity contribution in [3.05, 3.63) is 44.6 Å². The summed E-state index contributed by atoms with van der Waals surface area (Å²) in [5.41, 5.74) is -0.288. The molecule has 0 atom stereocenters. The number of hydrogen-bond acceptors (Lipinski definition) is 4. The zero-order valence-electron chi connectivity index (χ0n) is 13.5. The Morgan fingerprint density at radius 3 is 2.62 bits per heavy atom. The molecule has 2 rings (SSSR count). The fourth-order valence-corrected chi connectivity index (χ4v) is 2.46. The van der Waals surface area contributed by atoms with Crippen LogP contribution in [0.15, 0.2) is 27.8 Å². The molecule has 0 aliphatic rings. The lowest BCUT2D eigenvalue weighted by atomic mass is 10.1. The quantitative estimate of drug-likeness (QED) is 0.806. The molecular weight excluding hydrogens is 314 g/mol. The number of carboxylic acid groups (broad SMARTS) is 1. The average Bonchev–Trinajstić information content (AvgIpc) is 2.53. The Kier molecular flexibility index (Phi) is 5.18. The van der Waals surface area contributed by atoms with Crippen LogP contribution in [-0.2, 0) is 11.3 Å². The van der Waals surface area contributed by atoms with Gasteiger partial charge < -0.3 is 15.0 Å². The Hall–Kier alpha value is -2.90. The second kappa shape index (κ2) is 7.12. The van der Waals surface area contributed by atoms with E-state index in [9.17, 15) is 19.2 Å². The van der Waals surface area contributed by atoms with Crippen LogP contribution in [-0.4, -0.2) is 45.0 Å². The van der Waals surface area contributed by atoms with Gasteiger partial charge in [-0.15, -0.1) is 0 Å². The standard InChI is InChI=1S/C16H19N3O5/c1-3-19-15(23)11-7-6-10(9-12(11)17-16(19)24)14(22)18(2)8-4-5-13(20)21/h6-7,9H,3-5,8H2,1-2H3,(H,17,24)(H,20,21). The molecule has 0 aliphatic heterocycles. The van der Waals surface area contributed by atoms with E-state index in [1.807, 2.05) is 0 Å². The van der Waals surface area contributed by atoms with Gasteiger partial charge in [-0.05, 0) is 31.5 Å². The van der Waals surface area contributed by atoms with Gasteiger partial charge >= 0.3 is 11.7 Å². The van der Waals surface area contributed by atoms with Crippen LogP contribution in [0.1, 0.15) is 30.1 Å². The van der Waals surface area contributed by atoms with Crippen molar-refractivity contribution in [1.29, 1.82) is 0 Å². The van der Waals surface area contributed by atoms with Gasteiger partial charge in [-0.2, -0.15) is 0 Å². The van der Waals surface area contributed by atoms with E-state index < -0.39 is 17.2 Å². The summed E-state index contributed by atoms with van der Waals surface area (Å²) in [5, 5.41) is 8.96. The van der Waals surface area contributed by atoms with E-state index in [2.05, 4.69) is 4.98 Å². The number of H-pyrrole nitrogens is 1. The van der Waals surface area contributed by atoms with Crippen LogP contribution in [0.4, 0.5) is 0 Å². The second-order valence-corrected chi connectivity index (χ2v) is 5.46. The van der Waals surface area contributed by atoms with Crippen molar-refractivity contribution in [3.8, 4) is 0 Å². The predicted molar refractivity (Wildman–Crippen MR) is 88.3 cm³/mol. The molecule has 128 valence electrons. The van der Waals surface area contributed by atoms with Gasteiger partial charge in [-0.3, -0.25) is 19.0 Å². The highest BCUT2D eigenvalue weighted by Gasteiger charge is 2.14. The average molecular weight is 333 g/mol. The Morgan fingerprint density at radius 2 is 2.00 bits per heavy atom. The second-order valence-electron chi connectivity index (χ2n) is 5.46. The summed E-state index contributed by atoms with van der Waals surface area (Å²) in [7, 11) is 1.58. The zero-order valence-corrected chi connectivity index (χ0v) is 13.5. The van der Waals surface area contributed by atoms with Crippen LogP contribution in [0, 0.1) is 0 Å². The first-order valence-electron chi connectivity index (χ1n) is 7.59. The maximum Gasteiger partial charge on any atom is 0.328 e. The molecule has 1 aromatic heterocycles. The molecule has 0 aliphatic carbocycles. The first-order chi connectivity index (χ1) is 11.3. The molecule has 1 heterocycles. The minimum absolute atomic E-state index is 0.0147. The number of carbonyl (C=O) groups excluding carboxylic acids is 1. The molecule has 0 spiro atoms. The number of amides is 1. The van der Waals surface area contributed by atoms with Gasteiger partial charge in [0.2, 0.25) is 0 Å². The van der Waals surface area contributed by atoms with E-state index in [1.165, 1.54) is 23.1 Å². The largest absolute Gasteiger partial charge is 0.481 e. The molecule has 0 fully saturated rings. The maximum atomic E-state index is 12.4. The monoisotopic (exact) mass is 333 g/mol. The molecule has 0 bridgehead atoms. The van der Waals surface area contributed by atoms with Gasteiger partial charge in [0.1, 0.15) is 0 Å². The summed E-state index contributed by atoms with van der Waals surface area (Å²) < 4.78 is 1.09. The van der Waals surface area contributed by atoms with Crippen LogP contribution in [0.5, 0.6) is 0 Å². The highest BCUT2D eigenvalue weighted by molar-refractivity contribution is 5.97. The highest BCUT2D eigenvalue weighted by Crippen LogP contribution is 2.11. The first-order valence-corrected chi connectivity index (χ1v) is 7.59. The summed E-state index contributed by atoms with van der Waals surface area (Å²) in [6.07, 6.45) is 0.336. The number of hydrogen-bond donors (Lipinski definition) is 2. The van der Waals surface area contributed by atoms with E-state index in [1.54, 1.807) is 14.0 Å². The molecule has 1 amide bonds. The molecule has 1 aromatic carbocycles. The fourth-order valence-electron chi connectivity index (χ4n) is 2.46. The van der Waals surface area contributed by atoms with E-state index in [0.717, 1.165) is 4.57 Å². The highest BCUT2D eigenvalue weighted by atomic mass is 16.4. The minimum Gasteiger partial charge on any atom is -0.481 e. The first kappa shape index (κ1) is 17.5. The van der Waals surface area contributed by atoms with Crippen LogP contribution in [0.3, 0.4) is 0 Å². The van der Waals surface area contributed by atoms with Gasteiger partial charge in [0, 0.05) is 32.1 Å². The molecule has 0 saturated carbocycles. The van der Waals surface area contributed by atoms with Crippen LogP contribution < -0.4 is 11.2 Å². The Labute approximate surface area is 137 Å². The predicted octanol–water partition coefficient (Wildman–Crippen LogP) is 0.646. The van der Waals surface area contributed by atoms with Crippen LogP contribution in [0.25, 0.3) is 10.9 Å². The third kappa shape index (κ3) is 3.53. The maximum absolute atomic E-state index is 12.4. The van der Waals surface area contributed by atoms with Crippen LogP contribution >= 0.6 is 0 Å². The minimum atomic E-state index is -0.911. The Bertz CT molecular complexity index is 897. The molecule has 8 heteroatoms. The summed E-state index contributed by atoms with van der Waals surface area (Å²) in [4.78, 5) is 50.9. The van der Waals surface area contributed by atoms with E-state index in [-0.39, 0.29) is 18.9 Å². The van der Waals surface area contributed by atoms with Crippen molar-refractivity contribution in [1.82, 2.24) is 14.5 Å². The van der Waals surface area contributed by atoms with Crippen molar-refractivity contribution in [2.75, 3.05) is 13.6 Å². The van der Waals surface area contributed by atoms with Gasteiger partial charge in [0.15, 0.2) is 0 Å². The van der Waals surface area contributed by atoms with Crippen LogP contribution in [0.2, 0.25) is 0 Å². The number of carbonyl (C=O) groups is 2. The molecule has 24 heavy (non-hydrogen) atoms. The molecule has 2 aromatic rings. The number of rotatable bonds is 6. The fraction of sp³-hybridized carbons (Fsp3) is 0.375. The molecule has 0 radical (unpaired) electrons. The summed E-state index contributed by atoms with van der Waals surface area (Å²) >= 11 is 0. The molecule has 0 unspecified atom stereocenters. The Balaban J connectivity index is 2.30. The van der Waals surface area contributed by atoms with E-state index in [0.29, 0.717) is 29.4 Å². The topological polar surface area (TPSA) is 112 Å². The smallest absolute Gasteiger partial charge is 0.328 e. The van der Waals surface area contributed by atoms with Gasteiger partial charge in [0.05, 0.1) is 10.9 Å². The van der Waals surface area contributed by atoms with E-state index >= 15 is 0 Å². The van der Waals surface area contributed by atoms with Gasteiger partial charge in [-0.1, -0.05) is 0 Å². The lowest BCUT2D eigenvalue weighted by Gasteiger charge is -2.17. The number of carboxylic acids is 1. The number of nitrogens with zero attached hydrogens (tertiary/aromatic N) is 2. The molecule has 8 nitrogen and oxygen atoms in total. The summed E-state index contributed by atoms with van der Waals surface area (Å²) in [6, 6.07) is 4.50. The van der Waals surface area contributed by atoms with Crippen molar-refractivity contribution >= 4 is 22.8 Å². The number of fused-ring (bicyclic) bond motifs is 1. The number of nitrogens with one attached hydrogen (secondary N) is 1. The normalized spacial score (nSPS) is 10.8. The third-order valence-corrected chi connectivity index (χ3v) is 3.78. The number of benzene rings is 1. The number of aromatic nitrogens is 2. The molecule has 0 saturated heterocycles. The SMILES string of the molecule is CCn1c(=O)[nH]c2cc(C(=O)N(C)CCCC(=O)O)ccc2c1=O. The van der Waals surface area contributed by atoms with Crippen molar-refractivity contribution in [3.63, 3.8) is 0 Å². The lowest BCUT2D eigenvalue weighted by molar-refractivity contribution is -0.137. The Morgan fingerprint density at radius 1 is 1.29 bits per heavy atom. The van der Waals surface area contributed by atoms with Crippen molar-refractivity contribution in [2.24, 2.45) is 0 Å². The van der Waals surface area contributed by atoms with Gasteiger partial charge in [0.25, 0.3) is 11.5 Å². The lowest BCUT2D eigenvalue weighted by Crippen LogP contribution is -2.34. The van der Waals surface area contributed by atoms with Crippen molar-refractivity contribution < 1.29 is 14.7 Å². The van der Waals surface area contributed by atoms with Crippen molar-refractivity contribution in [2.45, 2.75) is 26.3 Å². The molecular formula is C16H19N3O5. The molecule has 2 N–H and O–H groups in total. The number of aromatic amines is 1. The summed E-state index contributed by atoms with van der Waals surface area (Å²) in [6.45, 7) is 2.26.